The molecular formula is C13H18N2O4. The number of nitro benzene ring substituents is 1. The van der Waals surface area contributed by atoms with Crippen molar-refractivity contribution in [3.63, 3.8) is 0 Å². The van der Waals surface area contributed by atoms with Gasteiger partial charge in [-0.15, -0.1) is 0 Å². The number of rotatable bonds is 6. The average Bonchev–Trinajstić information content (AvgIpc) is 2.26. The zero-order chi connectivity index (χ0) is 14.6. The van der Waals surface area contributed by atoms with Gasteiger partial charge in [0, 0.05) is 19.2 Å². The van der Waals surface area contributed by atoms with Gasteiger partial charge in [-0.05, 0) is 18.5 Å². The number of benzene rings is 1. The van der Waals surface area contributed by atoms with Gasteiger partial charge in [0.05, 0.1) is 4.92 Å². The highest BCUT2D eigenvalue weighted by Gasteiger charge is 2.23. The third kappa shape index (κ3) is 4.03. The van der Waals surface area contributed by atoms with Crippen molar-refractivity contribution in [1.82, 2.24) is 4.90 Å². The van der Waals surface area contributed by atoms with E-state index in [-0.39, 0.29) is 11.3 Å². The number of hydrogen-bond donors (Lipinski definition) is 1. The number of aromatic carboxylic acids is 1. The largest absolute Gasteiger partial charge is 0.477 e. The molecule has 6 nitrogen and oxygen atoms in total. The molecule has 19 heavy (non-hydrogen) atoms. The summed E-state index contributed by atoms with van der Waals surface area (Å²) in [7, 11) is 1.87. The van der Waals surface area contributed by atoms with Gasteiger partial charge in [-0.25, -0.2) is 4.79 Å². The third-order valence-corrected chi connectivity index (χ3v) is 2.66. The lowest BCUT2D eigenvalue weighted by molar-refractivity contribution is -0.385. The first-order valence-electron chi connectivity index (χ1n) is 6.01. The standard InChI is InChI=1S/C13H18N2O4/c1-9(2)7-14(3)8-10-5-4-6-11(15(18)19)12(10)13(16)17/h4-6,9H,7-8H2,1-3H3,(H,16,17). The van der Waals surface area contributed by atoms with Gasteiger partial charge in [-0.1, -0.05) is 26.0 Å². The van der Waals surface area contributed by atoms with Gasteiger partial charge in [-0.2, -0.15) is 0 Å². The third-order valence-electron chi connectivity index (χ3n) is 2.66. The molecule has 0 radical (unpaired) electrons. The van der Waals surface area contributed by atoms with Crippen molar-refractivity contribution in [3.05, 3.63) is 39.4 Å². The van der Waals surface area contributed by atoms with Crippen LogP contribution in [-0.2, 0) is 6.54 Å². The summed E-state index contributed by atoms with van der Waals surface area (Å²) in [5.74, 6) is -0.822. The summed E-state index contributed by atoms with van der Waals surface area (Å²) in [4.78, 5) is 23.4. The predicted octanol–water partition coefficient (Wildman–Crippen LogP) is 2.38. The van der Waals surface area contributed by atoms with Crippen LogP contribution in [0, 0.1) is 16.0 Å². The van der Waals surface area contributed by atoms with Crippen molar-refractivity contribution < 1.29 is 14.8 Å². The quantitative estimate of drug-likeness (QED) is 0.631. The molecule has 104 valence electrons. The summed E-state index contributed by atoms with van der Waals surface area (Å²) in [5, 5.41) is 20.0. The number of carboxylic acid groups (broad SMARTS) is 1. The second kappa shape index (κ2) is 6.29. The van der Waals surface area contributed by atoms with E-state index in [1.54, 1.807) is 6.07 Å². The second-order valence-electron chi connectivity index (χ2n) is 4.96. The number of nitro groups is 1. The number of carboxylic acids is 1. The molecular weight excluding hydrogens is 248 g/mol. The zero-order valence-corrected chi connectivity index (χ0v) is 11.3. The first-order chi connectivity index (χ1) is 8.82. The number of hydrogen-bond acceptors (Lipinski definition) is 4. The van der Waals surface area contributed by atoms with Gasteiger partial charge in [0.2, 0.25) is 0 Å². The molecule has 0 aromatic heterocycles. The summed E-state index contributed by atoms with van der Waals surface area (Å²) in [6.07, 6.45) is 0. The Bertz CT molecular complexity index is 486. The molecule has 0 aliphatic heterocycles. The van der Waals surface area contributed by atoms with E-state index in [0.29, 0.717) is 18.0 Å². The SMILES string of the molecule is CC(C)CN(C)Cc1cccc([N+](=O)[O-])c1C(=O)O. The van der Waals surface area contributed by atoms with E-state index in [0.717, 1.165) is 6.54 Å². The molecule has 1 N–H and O–H groups in total. The zero-order valence-electron chi connectivity index (χ0n) is 11.3. The highest BCUT2D eigenvalue weighted by Crippen LogP contribution is 2.23. The van der Waals surface area contributed by atoms with Gasteiger partial charge < -0.3 is 10.0 Å². The van der Waals surface area contributed by atoms with E-state index in [2.05, 4.69) is 13.8 Å². The fourth-order valence-electron chi connectivity index (χ4n) is 2.10. The molecule has 0 spiro atoms. The monoisotopic (exact) mass is 266 g/mol. The Morgan fingerprint density at radius 3 is 2.58 bits per heavy atom. The van der Waals surface area contributed by atoms with E-state index in [1.165, 1.54) is 12.1 Å². The maximum atomic E-state index is 11.2. The van der Waals surface area contributed by atoms with Crippen LogP contribution in [0.15, 0.2) is 18.2 Å². The lowest BCUT2D eigenvalue weighted by atomic mass is 10.0. The lowest BCUT2D eigenvalue weighted by Gasteiger charge is -2.19. The molecule has 1 aromatic carbocycles. The Morgan fingerprint density at radius 1 is 1.47 bits per heavy atom. The Kier molecular flexibility index (Phi) is 5.00. The highest BCUT2D eigenvalue weighted by atomic mass is 16.6. The minimum Gasteiger partial charge on any atom is -0.477 e. The molecule has 1 rings (SSSR count). The first-order valence-corrected chi connectivity index (χ1v) is 6.01. The van der Waals surface area contributed by atoms with Crippen LogP contribution in [0.3, 0.4) is 0 Å². The topological polar surface area (TPSA) is 83.7 Å². The Labute approximate surface area is 111 Å². The Morgan fingerprint density at radius 2 is 2.11 bits per heavy atom. The second-order valence-corrected chi connectivity index (χ2v) is 4.96. The molecule has 0 bridgehead atoms. The van der Waals surface area contributed by atoms with Crippen LogP contribution >= 0.6 is 0 Å². The van der Waals surface area contributed by atoms with Gasteiger partial charge >= 0.3 is 5.97 Å². The minimum absolute atomic E-state index is 0.219. The van der Waals surface area contributed by atoms with Crippen LogP contribution in [0.4, 0.5) is 5.69 Å². The molecule has 0 saturated carbocycles. The maximum Gasteiger partial charge on any atom is 0.343 e. The molecule has 6 heteroatoms. The van der Waals surface area contributed by atoms with E-state index in [4.69, 9.17) is 5.11 Å². The summed E-state index contributed by atoms with van der Waals surface area (Å²) < 4.78 is 0. The van der Waals surface area contributed by atoms with E-state index >= 15 is 0 Å². The smallest absolute Gasteiger partial charge is 0.343 e. The van der Waals surface area contributed by atoms with Crippen LogP contribution < -0.4 is 0 Å². The fourth-order valence-corrected chi connectivity index (χ4v) is 2.10. The molecule has 1 aromatic rings. The van der Waals surface area contributed by atoms with Crippen LogP contribution in [0.1, 0.15) is 29.8 Å². The van der Waals surface area contributed by atoms with E-state index in [9.17, 15) is 14.9 Å². The van der Waals surface area contributed by atoms with Crippen LogP contribution in [0.25, 0.3) is 0 Å². The number of nitrogens with zero attached hydrogens (tertiary/aromatic N) is 2. The molecule has 0 heterocycles. The lowest BCUT2D eigenvalue weighted by Crippen LogP contribution is -2.24. The molecule has 0 aliphatic rings. The van der Waals surface area contributed by atoms with Gasteiger partial charge in [0.1, 0.15) is 5.56 Å². The Hall–Kier alpha value is -1.95. The van der Waals surface area contributed by atoms with Crippen LogP contribution in [-0.4, -0.2) is 34.5 Å². The van der Waals surface area contributed by atoms with Crippen molar-refractivity contribution in [2.45, 2.75) is 20.4 Å². The van der Waals surface area contributed by atoms with Gasteiger partial charge in [-0.3, -0.25) is 10.1 Å². The Balaban J connectivity index is 3.10. The van der Waals surface area contributed by atoms with Crippen molar-refractivity contribution >= 4 is 11.7 Å². The van der Waals surface area contributed by atoms with Crippen molar-refractivity contribution in [2.24, 2.45) is 5.92 Å². The van der Waals surface area contributed by atoms with Crippen LogP contribution in [0.5, 0.6) is 0 Å². The normalized spacial score (nSPS) is 11.0. The van der Waals surface area contributed by atoms with Crippen molar-refractivity contribution in [2.75, 3.05) is 13.6 Å². The fraction of sp³-hybridized carbons (Fsp3) is 0.462. The van der Waals surface area contributed by atoms with Gasteiger partial charge in [0.15, 0.2) is 0 Å². The maximum absolute atomic E-state index is 11.2. The molecule has 0 saturated heterocycles. The van der Waals surface area contributed by atoms with Crippen LogP contribution in [0.2, 0.25) is 0 Å². The summed E-state index contributed by atoms with van der Waals surface area (Å²) in [5.41, 5.74) is -0.115. The molecule has 0 unspecified atom stereocenters. The minimum atomic E-state index is -1.26. The molecule has 0 amide bonds. The number of carbonyl (C=O) groups is 1. The summed E-state index contributed by atoms with van der Waals surface area (Å²) >= 11 is 0. The van der Waals surface area contributed by atoms with Crippen molar-refractivity contribution in [3.8, 4) is 0 Å². The predicted molar refractivity (Wildman–Crippen MR) is 71.2 cm³/mol. The summed E-state index contributed by atoms with van der Waals surface area (Å²) in [6.45, 7) is 5.29. The summed E-state index contributed by atoms with van der Waals surface area (Å²) in [6, 6.07) is 4.35. The first kappa shape index (κ1) is 15.1. The molecule has 0 atom stereocenters. The molecule has 0 aliphatic carbocycles. The van der Waals surface area contributed by atoms with E-state index < -0.39 is 10.9 Å². The average molecular weight is 266 g/mol. The highest BCUT2D eigenvalue weighted by molar-refractivity contribution is 5.94. The van der Waals surface area contributed by atoms with Gasteiger partial charge in [0.25, 0.3) is 5.69 Å². The molecule has 0 fully saturated rings. The van der Waals surface area contributed by atoms with Crippen molar-refractivity contribution in [1.29, 1.82) is 0 Å². The van der Waals surface area contributed by atoms with E-state index in [1.807, 2.05) is 11.9 Å².